The molecule has 4 aromatic carbocycles. The molecule has 0 bridgehead atoms. The lowest BCUT2D eigenvalue weighted by atomic mass is 9.59. The molecule has 0 spiro atoms. The molecule has 46 heavy (non-hydrogen) atoms. The third-order valence-corrected chi connectivity index (χ3v) is 8.83. The molecule has 1 saturated carbocycles. The number of halogens is 1. The smallest absolute Gasteiger partial charge is 0.167 e. The third kappa shape index (κ3) is 6.70. The second-order valence-corrected chi connectivity index (χ2v) is 11.5. The molecule has 0 saturated heterocycles. The number of hydrogen-bond acceptors (Lipinski definition) is 7. The molecule has 1 unspecified atom stereocenters. The van der Waals surface area contributed by atoms with E-state index >= 15 is 0 Å². The molecule has 236 valence electrons. The minimum atomic E-state index is -1.11. The molecular weight excluding hydrogens is 604 g/mol. The van der Waals surface area contributed by atoms with Gasteiger partial charge in [-0.3, -0.25) is 14.4 Å². The van der Waals surface area contributed by atoms with Crippen molar-refractivity contribution in [2.45, 2.75) is 18.3 Å². The summed E-state index contributed by atoms with van der Waals surface area (Å²) >= 11 is 6.17. The summed E-state index contributed by atoms with van der Waals surface area (Å²) in [6.07, 6.45) is 3.00. The quantitative estimate of drug-likeness (QED) is 0.0949. The Bertz CT molecular complexity index is 1750. The van der Waals surface area contributed by atoms with Gasteiger partial charge in [-0.2, -0.15) is 0 Å². The van der Waals surface area contributed by atoms with Crippen molar-refractivity contribution in [2.24, 2.45) is 11.8 Å². The molecule has 1 fully saturated rings. The van der Waals surface area contributed by atoms with Gasteiger partial charge in [-0.1, -0.05) is 48.0 Å². The highest BCUT2D eigenvalue weighted by molar-refractivity contribution is 6.30. The van der Waals surface area contributed by atoms with Crippen molar-refractivity contribution in [3.63, 3.8) is 0 Å². The van der Waals surface area contributed by atoms with Crippen molar-refractivity contribution in [3.8, 4) is 23.0 Å². The van der Waals surface area contributed by atoms with E-state index in [0.29, 0.717) is 50.3 Å². The zero-order valence-corrected chi connectivity index (χ0v) is 26.8. The van der Waals surface area contributed by atoms with Gasteiger partial charge in [0.1, 0.15) is 28.8 Å². The van der Waals surface area contributed by atoms with Crippen molar-refractivity contribution in [2.75, 3.05) is 28.4 Å². The van der Waals surface area contributed by atoms with Gasteiger partial charge in [0.15, 0.2) is 11.6 Å². The highest BCUT2D eigenvalue weighted by atomic mass is 35.5. The van der Waals surface area contributed by atoms with E-state index in [4.69, 9.17) is 30.5 Å². The van der Waals surface area contributed by atoms with Crippen molar-refractivity contribution in [1.82, 2.24) is 0 Å². The van der Waals surface area contributed by atoms with E-state index < -0.39 is 29.5 Å². The lowest BCUT2D eigenvalue weighted by Crippen LogP contribution is -2.45. The molecule has 0 amide bonds. The number of carbonyl (C=O) groups is 3. The third-order valence-electron chi connectivity index (χ3n) is 8.58. The van der Waals surface area contributed by atoms with E-state index in [2.05, 4.69) is 0 Å². The number of carbonyl (C=O) groups excluding carboxylic acids is 3. The maximum atomic E-state index is 14.6. The summed E-state index contributed by atoms with van der Waals surface area (Å²) in [4.78, 5) is 43.0. The number of ether oxygens (including phenoxy) is 4. The fourth-order valence-electron chi connectivity index (χ4n) is 6.35. The molecule has 0 N–H and O–H groups in total. The van der Waals surface area contributed by atoms with Crippen LogP contribution in [0.25, 0.3) is 6.08 Å². The van der Waals surface area contributed by atoms with Gasteiger partial charge >= 0.3 is 0 Å². The van der Waals surface area contributed by atoms with Gasteiger partial charge in [-0.05, 0) is 65.7 Å². The first-order valence-electron chi connectivity index (χ1n) is 14.8. The van der Waals surface area contributed by atoms with Crippen LogP contribution in [0.2, 0.25) is 5.02 Å². The number of benzene rings is 4. The number of ketones is 3. The van der Waals surface area contributed by atoms with Gasteiger partial charge in [0.05, 0.1) is 34.4 Å². The molecule has 0 aromatic heterocycles. The van der Waals surface area contributed by atoms with Gasteiger partial charge in [0.25, 0.3) is 0 Å². The Morgan fingerprint density at radius 1 is 0.761 bits per heavy atom. The van der Waals surface area contributed by atoms with Crippen LogP contribution in [0.15, 0.2) is 97.1 Å². The van der Waals surface area contributed by atoms with Crippen molar-refractivity contribution in [1.29, 1.82) is 0 Å². The van der Waals surface area contributed by atoms with Crippen LogP contribution in [0.3, 0.4) is 0 Å². The standard InChI is InChI=1S/C38H35ClO7/c1-43-27-16-12-23(33(20-27)45-3)13-19-31(40)37-32(41)22-30(29-18-17-28(44-2)21-34(29)46-4)36(35(37)24-8-6-5-7-9-24)38(42)25-10-14-26(39)15-11-25/h5-21,30,35-37H,22H2,1-4H3/b19-13+/t30-,35-,36+,37?/m1/s1. The van der Waals surface area contributed by atoms with Crippen LogP contribution >= 0.6 is 11.6 Å². The predicted octanol–water partition coefficient (Wildman–Crippen LogP) is 7.61. The average molecular weight is 639 g/mol. The minimum Gasteiger partial charge on any atom is -0.497 e. The van der Waals surface area contributed by atoms with Crippen LogP contribution in [0, 0.1) is 11.8 Å². The summed E-state index contributed by atoms with van der Waals surface area (Å²) in [6, 6.07) is 26.6. The van der Waals surface area contributed by atoms with Crippen LogP contribution in [-0.2, 0) is 9.59 Å². The van der Waals surface area contributed by atoms with Gasteiger partial charge in [0.2, 0.25) is 0 Å². The van der Waals surface area contributed by atoms with Crippen LogP contribution in [0.1, 0.15) is 45.3 Å². The molecule has 0 radical (unpaired) electrons. The predicted molar refractivity (Wildman–Crippen MR) is 177 cm³/mol. The second kappa shape index (κ2) is 14.5. The lowest BCUT2D eigenvalue weighted by Gasteiger charge is -2.41. The fraction of sp³-hybridized carbons (Fsp3) is 0.237. The number of Topliss-reactive ketones (excluding diaryl/α,β-unsaturated/α-hetero) is 2. The lowest BCUT2D eigenvalue weighted by molar-refractivity contribution is -0.134. The fourth-order valence-corrected chi connectivity index (χ4v) is 6.48. The van der Waals surface area contributed by atoms with Crippen LogP contribution in [0.4, 0.5) is 0 Å². The van der Waals surface area contributed by atoms with Crippen molar-refractivity contribution >= 4 is 35.0 Å². The van der Waals surface area contributed by atoms with Gasteiger partial charge < -0.3 is 18.9 Å². The van der Waals surface area contributed by atoms with Crippen LogP contribution in [0.5, 0.6) is 23.0 Å². The highest BCUT2D eigenvalue weighted by Gasteiger charge is 2.51. The van der Waals surface area contributed by atoms with E-state index in [1.54, 1.807) is 74.9 Å². The van der Waals surface area contributed by atoms with Crippen molar-refractivity contribution in [3.05, 3.63) is 124 Å². The first-order chi connectivity index (χ1) is 22.3. The van der Waals surface area contributed by atoms with Gasteiger partial charge in [-0.15, -0.1) is 0 Å². The molecule has 7 nitrogen and oxygen atoms in total. The highest BCUT2D eigenvalue weighted by Crippen LogP contribution is 2.51. The SMILES string of the molecule is COc1ccc(/C=C/C(=O)C2C(=O)C[C@H](c3ccc(OC)cc3OC)[C@H](C(=O)c3ccc(Cl)cc3)[C@H]2c2ccccc2)c(OC)c1. The average Bonchev–Trinajstić information content (AvgIpc) is 3.10. The summed E-state index contributed by atoms with van der Waals surface area (Å²) in [7, 11) is 6.19. The van der Waals surface area contributed by atoms with Gasteiger partial charge in [-0.25, -0.2) is 0 Å². The van der Waals surface area contributed by atoms with E-state index in [1.807, 2.05) is 36.4 Å². The zero-order chi connectivity index (χ0) is 32.8. The maximum absolute atomic E-state index is 14.6. The number of rotatable bonds is 11. The van der Waals surface area contributed by atoms with Gasteiger partial charge in [0, 0.05) is 52.5 Å². The van der Waals surface area contributed by atoms with E-state index in [-0.39, 0.29) is 18.0 Å². The molecule has 5 rings (SSSR count). The minimum absolute atomic E-state index is 0.0356. The molecule has 0 aliphatic heterocycles. The topological polar surface area (TPSA) is 88.1 Å². The zero-order valence-electron chi connectivity index (χ0n) is 26.1. The molecule has 1 aliphatic rings. The van der Waals surface area contributed by atoms with E-state index in [1.165, 1.54) is 20.3 Å². The number of hydrogen-bond donors (Lipinski definition) is 0. The van der Waals surface area contributed by atoms with Crippen LogP contribution in [-0.4, -0.2) is 45.8 Å². The molecule has 4 atom stereocenters. The van der Waals surface area contributed by atoms with Crippen molar-refractivity contribution < 1.29 is 33.3 Å². The number of methoxy groups -OCH3 is 4. The summed E-state index contributed by atoms with van der Waals surface area (Å²) in [6.45, 7) is 0. The largest absolute Gasteiger partial charge is 0.497 e. The monoisotopic (exact) mass is 638 g/mol. The first-order valence-corrected chi connectivity index (χ1v) is 15.2. The second-order valence-electron chi connectivity index (χ2n) is 11.0. The van der Waals surface area contributed by atoms with E-state index in [9.17, 15) is 14.4 Å². The maximum Gasteiger partial charge on any atom is 0.167 e. The Kier molecular flexibility index (Phi) is 10.2. The molecule has 8 heteroatoms. The Labute approximate surface area is 273 Å². The summed E-state index contributed by atoms with van der Waals surface area (Å²) in [5.41, 5.74) is 2.49. The first kappa shape index (κ1) is 32.5. The normalized spacial score (nSPS) is 19.5. The summed E-state index contributed by atoms with van der Waals surface area (Å²) in [5.74, 6) is -1.90. The summed E-state index contributed by atoms with van der Waals surface area (Å²) < 4.78 is 22.0. The molecule has 1 aliphatic carbocycles. The van der Waals surface area contributed by atoms with E-state index in [0.717, 1.165) is 0 Å². The Morgan fingerprint density at radius 3 is 2.02 bits per heavy atom. The Hall–Kier alpha value is -4.88. The molecular formula is C38H35ClO7. The molecule has 4 aromatic rings. The Balaban J connectivity index is 1.65. The Morgan fingerprint density at radius 2 is 1.39 bits per heavy atom. The number of allylic oxidation sites excluding steroid dienone is 1. The van der Waals surface area contributed by atoms with Crippen LogP contribution < -0.4 is 18.9 Å². The summed E-state index contributed by atoms with van der Waals surface area (Å²) in [5, 5.41) is 0.496. The molecule has 0 heterocycles.